The van der Waals surface area contributed by atoms with Gasteiger partial charge in [0, 0.05) is 18.8 Å². The summed E-state index contributed by atoms with van der Waals surface area (Å²) in [5.41, 5.74) is 0. The molecule has 1 aliphatic rings. The summed E-state index contributed by atoms with van der Waals surface area (Å²) < 4.78 is 34.1. The number of hydrogen-bond donors (Lipinski definition) is 0. The predicted molar refractivity (Wildman–Crippen MR) is 156 cm³/mol. The van der Waals surface area contributed by atoms with E-state index in [1.807, 2.05) is 0 Å². The van der Waals surface area contributed by atoms with Crippen LogP contribution in [0.2, 0.25) is 0 Å². The van der Waals surface area contributed by atoms with E-state index >= 15 is 0 Å². The average molecular weight is 559 g/mol. The van der Waals surface area contributed by atoms with Crippen molar-refractivity contribution in [2.45, 2.75) is 161 Å². The number of rotatable bonds is 25. The molecule has 1 saturated carbocycles. The molecule has 1 fully saturated rings. The molecule has 0 radical (unpaired) electrons. The topological polar surface area (TPSA) is 86.7 Å². The van der Waals surface area contributed by atoms with Crippen molar-refractivity contribution < 1.29 is 26.9 Å². The fourth-order valence-electron chi connectivity index (χ4n) is 5.71. The molecule has 1 unspecified atom stereocenters. The Labute approximate surface area is 234 Å². The minimum Gasteiger partial charge on any atom is -0.466 e. The molecule has 0 spiro atoms. The van der Waals surface area contributed by atoms with Crippen LogP contribution in [0.4, 0.5) is 0 Å². The molecular weight excluding hydrogens is 500 g/mol. The Morgan fingerprint density at radius 1 is 0.816 bits per heavy atom. The maximum absolute atomic E-state index is 12.5. The number of unbranched alkanes of at least 4 members (excludes halogenated alkanes) is 12. The van der Waals surface area contributed by atoms with Gasteiger partial charge >= 0.3 is 5.97 Å². The average Bonchev–Trinajstić information content (AvgIpc) is 3.21. The normalized spacial score (nSPS) is 18.7. The maximum atomic E-state index is 12.5. The zero-order chi connectivity index (χ0) is 28.1. The predicted octanol–water partition coefficient (Wildman–Crippen LogP) is 8.31. The highest BCUT2D eigenvalue weighted by Crippen LogP contribution is 2.36. The maximum Gasteiger partial charge on any atom is 0.305 e. The number of esters is 1. The summed E-state index contributed by atoms with van der Waals surface area (Å²) in [5, 5.41) is 0. The first kappa shape index (κ1) is 35.1. The minimum atomic E-state index is -3.47. The van der Waals surface area contributed by atoms with Crippen LogP contribution in [0.1, 0.15) is 155 Å². The molecule has 0 amide bonds. The molecule has 1 aliphatic carbocycles. The van der Waals surface area contributed by atoms with Gasteiger partial charge in [-0.2, -0.15) is 8.42 Å². The third kappa shape index (κ3) is 18.4. The third-order valence-electron chi connectivity index (χ3n) is 7.95. The highest BCUT2D eigenvalue weighted by molar-refractivity contribution is 7.86. The summed E-state index contributed by atoms with van der Waals surface area (Å²) in [4.78, 5) is 24.5. The molecule has 3 atom stereocenters. The van der Waals surface area contributed by atoms with Crippen molar-refractivity contribution in [3.8, 4) is 0 Å². The summed E-state index contributed by atoms with van der Waals surface area (Å²) in [6, 6.07) is 0. The monoisotopic (exact) mass is 558 g/mol. The van der Waals surface area contributed by atoms with E-state index in [4.69, 9.17) is 8.92 Å². The first-order chi connectivity index (χ1) is 18.3. The van der Waals surface area contributed by atoms with Crippen LogP contribution in [-0.2, 0) is 28.6 Å². The van der Waals surface area contributed by atoms with Crippen molar-refractivity contribution in [1.82, 2.24) is 0 Å². The van der Waals surface area contributed by atoms with Gasteiger partial charge in [0.05, 0.1) is 19.0 Å². The van der Waals surface area contributed by atoms with Gasteiger partial charge in [-0.25, -0.2) is 0 Å². The van der Waals surface area contributed by atoms with Gasteiger partial charge in [-0.3, -0.25) is 13.8 Å². The summed E-state index contributed by atoms with van der Waals surface area (Å²) in [6.45, 7) is 4.91. The summed E-state index contributed by atoms with van der Waals surface area (Å²) >= 11 is 0. The third-order valence-corrected chi connectivity index (χ3v) is 8.57. The van der Waals surface area contributed by atoms with Crippen LogP contribution in [-0.4, -0.2) is 39.1 Å². The van der Waals surface area contributed by atoms with E-state index in [0.29, 0.717) is 37.6 Å². The Bertz CT molecular complexity index is 720. The molecular formula is C31H58O6S. The minimum absolute atomic E-state index is 0.0798. The van der Waals surface area contributed by atoms with Crippen LogP contribution in [0.3, 0.4) is 0 Å². The van der Waals surface area contributed by atoms with E-state index < -0.39 is 10.1 Å². The van der Waals surface area contributed by atoms with Crippen molar-refractivity contribution in [2.75, 3.05) is 12.9 Å². The molecule has 0 heterocycles. The molecule has 6 nitrogen and oxygen atoms in total. The van der Waals surface area contributed by atoms with Gasteiger partial charge < -0.3 is 4.74 Å². The lowest BCUT2D eigenvalue weighted by molar-refractivity contribution is -0.143. The van der Waals surface area contributed by atoms with Gasteiger partial charge in [0.1, 0.15) is 5.78 Å². The number of ether oxygens (including phenoxy) is 1. The van der Waals surface area contributed by atoms with Crippen molar-refractivity contribution in [3.63, 3.8) is 0 Å². The second-order valence-corrected chi connectivity index (χ2v) is 13.1. The van der Waals surface area contributed by atoms with E-state index in [0.717, 1.165) is 89.7 Å². The van der Waals surface area contributed by atoms with E-state index in [-0.39, 0.29) is 18.0 Å². The molecule has 7 heteroatoms. The van der Waals surface area contributed by atoms with E-state index in [1.165, 1.54) is 38.5 Å². The van der Waals surface area contributed by atoms with E-state index in [1.54, 1.807) is 0 Å². The van der Waals surface area contributed by atoms with Crippen molar-refractivity contribution >= 4 is 21.9 Å². The molecule has 0 bridgehead atoms. The van der Waals surface area contributed by atoms with E-state index in [9.17, 15) is 18.0 Å². The molecule has 0 N–H and O–H groups in total. The number of carbonyl (C=O) groups excluding carboxylic acids is 2. The Kier molecular flexibility index (Phi) is 20.1. The second-order valence-electron chi connectivity index (χ2n) is 11.5. The van der Waals surface area contributed by atoms with Crippen molar-refractivity contribution in [1.29, 1.82) is 0 Å². The zero-order valence-electron chi connectivity index (χ0n) is 24.9. The fourth-order valence-corrected chi connectivity index (χ4v) is 6.40. The van der Waals surface area contributed by atoms with Crippen LogP contribution in [0.25, 0.3) is 0 Å². The summed E-state index contributed by atoms with van der Waals surface area (Å²) in [5.74, 6) is 0.724. The molecule has 1 rings (SSSR count). The highest BCUT2D eigenvalue weighted by atomic mass is 32.2. The lowest BCUT2D eigenvalue weighted by atomic mass is 9.86. The molecule has 0 aromatic rings. The van der Waals surface area contributed by atoms with Gasteiger partial charge in [-0.15, -0.1) is 0 Å². The molecule has 224 valence electrons. The standard InChI is InChI=1S/C31H58O6S/c1-4-6-8-9-10-11-14-18-26-36-31(33)21-17-13-12-16-20-29-27(23-25-30(29)32)22-24-28(19-15-7-5-2)37-38(3,34)35/h27-29H,4-26H2,1-3H3/t27-,28?,29+/m0/s1. The number of hydrogen-bond acceptors (Lipinski definition) is 6. The first-order valence-electron chi connectivity index (χ1n) is 15.8. The Morgan fingerprint density at radius 3 is 2.11 bits per heavy atom. The van der Waals surface area contributed by atoms with Gasteiger partial charge in [0.2, 0.25) is 0 Å². The van der Waals surface area contributed by atoms with Crippen LogP contribution in [0.5, 0.6) is 0 Å². The molecule has 38 heavy (non-hydrogen) atoms. The van der Waals surface area contributed by atoms with Crippen LogP contribution < -0.4 is 0 Å². The lowest BCUT2D eigenvalue weighted by Gasteiger charge is -2.22. The van der Waals surface area contributed by atoms with Crippen LogP contribution in [0.15, 0.2) is 0 Å². The largest absolute Gasteiger partial charge is 0.466 e. The lowest BCUT2D eigenvalue weighted by Crippen LogP contribution is -2.21. The Balaban J connectivity index is 2.16. The van der Waals surface area contributed by atoms with Gasteiger partial charge in [0.25, 0.3) is 10.1 Å². The van der Waals surface area contributed by atoms with E-state index in [2.05, 4.69) is 13.8 Å². The molecule has 0 aromatic heterocycles. The van der Waals surface area contributed by atoms with Crippen molar-refractivity contribution in [3.05, 3.63) is 0 Å². The fraction of sp³-hybridized carbons (Fsp3) is 0.935. The Hall–Kier alpha value is -0.950. The van der Waals surface area contributed by atoms with Gasteiger partial charge in [-0.05, 0) is 50.9 Å². The number of carbonyl (C=O) groups is 2. The van der Waals surface area contributed by atoms with Crippen LogP contribution >= 0.6 is 0 Å². The quantitative estimate of drug-likeness (QED) is 0.0636. The Morgan fingerprint density at radius 2 is 1.42 bits per heavy atom. The number of ketones is 1. The smallest absolute Gasteiger partial charge is 0.305 e. The van der Waals surface area contributed by atoms with Gasteiger partial charge in [-0.1, -0.05) is 97.3 Å². The summed E-state index contributed by atoms with van der Waals surface area (Å²) in [7, 11) is -3.47. The summed E-state index contributed by atoms with van der Waals surface area (Å²) in [6.07, 6.45) is 23.0. The highest BCUT2D eigenvalue weighted by Gasteiger charge is 2.34. The second kappa shape index (κ2) is 21.8. The first-order valence-corrected chi connectivity index (χ1v) is 17.6. The number of Topliss-reactive ketones (excluding diaryl/α,β-unsaturated/α-hetero) is 1. The molecule has 0 aromatic carbocycles. The molecule has 0 saturated heterocycles. The molecule has 0 aliphatic heterocycles. The zero-order valence-corrected chi connectivity index (χ0v) is 25.7. The van der Waals surface area contributed by atoms with Gasteiger partial charge in [0.15, 0.2) is 0 Å². The van der Waals surface area contributed by atoms with Crippen molar-refractivity contribution in [2.24, 2.45) is 11.8 Å². The van der Waals surface area contributed by atoms with Crippen LogP contribution in [0, 0.1) is 11.8 Å². The SMILES string of the molecule is CCCCCCCCCCOC(=O)CCCCCC[C@H]1C(=O)CC[C@@H]1CCC(CCCCC)OS(C)(=O)=O.